The number of amides is 1. The lowest BCUT2D eigenvalue weighted by atomic mass is 9.75. The standard InChI is InChI=1S/C15H19F3N2O/c16-9-5-10(17)14(11(18)6-9)12(19)7-15(8-13(20)21)3-1-2-4-15/h5-6,12H,1-4,7-8,19H2,(H2,20,21). The van der Waals surface area contributed by atoms with Crippen molar-refractivity contribution in [1.29, 1.82) is 0 Å². The van der Waals surface area contributed by atoms with E-state index >= 15 is 0 Å². The molecular weight excluding hydrogens is 281 g/mol. The summed E-state index contributed by atoms with van der Waals surface area (Å²) >= 11 is 0. The van der Waals surface area contributed by atoms with E-state index in [1.807, 2.05) is 0 Å². The second-order valence-electron chi connectivity index (χ2n) is 5.94. The molecule has 2 rings (SSSR count). The van der Waals surface area contributed by atoms with Gasteiger partial charge in [0.25, 0.3) is 0 Å². The van der Waals surface area contributed by atoms with E-state index in [0.717, 1.165) is 25.7 Å². The molecule has 1 aromatic rings. The number of primary amides is 1. The van der Waals surface area contributed by atoms with Gasteiger partial charge in [-0.2, -0.15) is 0 Å². The molecule has 6 heteroatoms. The molecule has 0 spiro atoms. The molecule has 0 saturated heterocycles. The van der Waals surface area contributed by atoms with Crippen LogP contribution in [0.15, 0.2) is 12.1 Å². The molecule has 1 amide bonds. The predicted molar refractivity (Wildman–Crippen MR) is 72.6 cm³/mol. The number of halogens is 3. The van der Waals surface area contributed by atoms with Crippen molar-refractivity contribution in [2.24, 2.45) is 16.9 Å². The van der Waals surface area contributed by atoms with Crippen LogP contribution in [0.1, 0.15) is 50.1 Å². The summed E-state index contributed by atoms with van der Waals surface area (Å²) in [5.41, 5.74) is 10.5. The molecule has 1 aromatic carbocycles. The van der Waals surface area contributed by atoms with E-state index in [4.69, 9.17) is 11.5 Å². The fraction of sp³-hybridized carbons (Fsp3) is 0.533. The van der Waals surface area contributed by atoms with E-state index in [-0.39, 0.29) is 18.4 Å². The van der Waals surface area contributed by atoms with E-state index in [1.54, 1.807) is 0 Å². The lowest BCUT2D eigenvalue weighted by Crippen LogP contribution is -2.30. The minimum absolute atomic E-state index is 0.158. The highest BCUT2D eigenvalue weighted by molar-refractivity contribution is 5.74. The summed E-state index contributed by atoms with van der Waals surface area (Å²) in [6.45, 7) is 0. The maximum atomic E-state index is 13.8. The van der Waals surface area contributed by atoms with Crippen LogP contribution in [-0.2, 0) is 4.79 Å². The summed E-state index contributed by atoms with van der Waals surface area (Å²) in [7, 11) is 0. The normalized spacial score (nSPS) is 18.7. The molecule has 116 valence electrons. The number of hydrogen-bond acceptors (Lipinski definition) is 2. The molecule has 4 N–H and O–H groups in total. The number of carbonyl (C=O) groups is 1. The minimum Gasteiger partial charge on any atom is -0.370 e. The van der Waals surface area contributed by atoms with Crippen LogP contribution >= 0.6 is 0 Å². The third-order valence-corrected chi connectivity index (χ3v) is 4.28. The third kappa shape index (κ3) is 3.56. The van der Waals surface area contributed by atoms with Gasteiger partial charge in [-0.15, -0.1) is 0 Å². The molecule has 1 fully saturated rings. The molecule has 0 radical (unpaired) electrons. The van der Waals surface area contributed by atoms with Crippen LogP contribution in [0.4, 0.5) is 13.2 Å². The highest BCUT2D eigenvalue weighted by atomic mass is 19.1. The first-order valence-corrected chi connectivity index (χ1v) is 7.01. The first kappa shape index (κ1) is 15.8. The van der Waals surface area contributed by atoms with Crippen molar-refractivity contribution in [3.63, 3.8) is 0 Å². The molecule has 1 aliphatic carbocycles. The molecule has 0 bridgehead atoms. The van der Waals surface area contributed by atoms with Crippen molar-refractivity contribution in [1.82, 2.24) is 0 Å². The van der Waals surface area contributed by atoms with Gasteiger partial charge in [0.2, 0.25) is 5.91 Å². The predicted octanol–water partition coefficient (Wildman–Crippen LogP) is 2.93. The number of benzene rings is 1. The Hall–Kier alpha value is -1.56. The summed E-state index contributed by atoms with van der Waals surface area (Å²) in [5, 5.41) is 0. The molecule has 1 saturated carbocycles. The molecule has 1 atom stereocenters. The highest BCUT2D eigenvalue weighted by Crippen LogP contribution is 2.47. The Morgan fingerprint density at radius 3 is 2.19 bits per heavy atom. The number of rotatable bonds is 5. The topological polar surface area (TPSA) is 69.1 Å². The van der Waals surface area contributed by atoms with Crippen LogP contribution < -0.4 is 11.5 Å². The van der Waals surface area contributed by atoms with Gasteiger partial charge in [0.1, 0.15) is 17.5 Å². The number of carbonyl (C=O) groups excluding carboxylic acids is 1. The van der Waals surface area contributed by atoms with Crippen molar-refractivity contribution >= 4 is 5.91 Å². The smallest absolute Gasteiger partial charge is 0.217 e. The van der Waals surface area contributed by atoms with Crippen LogP contribution in [0.25, 0.3) is 0 Å². The van der Waals surface area contributed by atoms with Crippen molar-refractivity contribution in [2.45, 2.75) is 44.6 Å². The SMILES string of the molecule is NC(=O)CC1(CC(N)c2c(F)cc(F)cc2F)CCCC1. The number of nitrogens with two attached hydrogens (primary N) is 2. The molecule has 21 heavy (non-hydrogen) atoms. The van der Waals surface area contributed by atoms with Crippen LogP contribution in [-0.4, -0.2) is 5.91 Å². The Bertz CT molecular complexity index is 519. The van der Waals surface area contributed by atoms with E-state index in [1.165, 1.54) is 0 Å². The zero-order valence-electron chi connectivity index (χ0n) is 11.7. The third-order valence-electron chi connectivity index (χ3n) is 4.28. The van der Waals surface area contributed by atoms with Gasteiger partial charge < -0.3 is 11.5 Å². The Morgan fingerprint density at radius 1 is 1.19 bits per heavy atom. The minimum atomic E-state index is -0.993. The summed E-state index contributed by atoms with van der Waals surface area (Å²) in [4.78, 5) is 11.2. The van der Waals surface area contributed by atoms with Gasteiger partial charge in [-0.3, -0.25) is 4.79 Å². The summed E-state index contributed by atoms with van der Waals surface area (Å²) in [5.74, 6) is -3.41. The van der Waals surface area contributed by atoms with Crippen molar-refractivity contribution in [3.8, 4) is 0 Å². The molecule has 0 aromatic heterocycles. The van der Waals surface area contributed by atoms with E-state index in [2.05, 4.69) is 0 Å². The van der Waals surface area contributed by atoms with Gasteiger partial charge >= 0.3 is 0 Å². The average Bonchev–Trinajstić information content (AvgIpc) is 2.74. The Kier molecular flexibility index (Phi) is 4.56. The largest absolute Gasteiger partial charge is 0.370 e. The van der Waals surface area contributed by atoms with Gasteiger partial charge in [0.05, 0.1) is 0 Å². The zero-order valence-corrected chi connectivity index (χ0v) is 11.7. The van der Waals surface area contributed by atoms with E-state index in [9.17, 15) is 18.0 Å². The molecule has 1 aliphatic rings. The fourth-order valence-corrected chi connectivity index (χ4v) is 3.42. The van der Waals surface area contributed by atoms with Crippen LogP contribution in [0.3, 0.4) is 0 Å². The molecule has 3 nitrogen and oxygen atoms in total. The Labute approximate surface area is 121 Å². The summed E-state index contributed by atoms with van der Waals surface area (Å²) < 4.78 is 40.5. The van der Waals surface area contributed by atoms with Gasteiger partial charge in [0.15, 0.2) is 0 Å². The van der Waals surface area contributed by atoms with Crippen molar-refractivity contribution in [2.75, 3.05) is 0 Å². The quantitative estimate of drug-likeness (QED) is 0.877. The second kappa shape index (κ2) is 6.05. The average molecular weight is 300 g/mol. The van der Waals surface area contributed by atoms with Crippen LogP contribution in [0, 0.1) is 22.9 Å². The zero-order chi connectivity index (χ0) is 15.6. The summed E-state index contributed by atoms with van der Waals surface area (Å²) in [6, 6.07) is 0.310. The molecule has 0 heterocycles. The molecule has 0 aliphatic heterocycles. The van der Waals surface area contributed by atoms with Gasteiger partial charge in [-0.1, -0.05) is 12.8 Å². The maximum Gasteiger partial charge on any atom is 0.217 e. The first-order chi connectivity index (χ1) is 9.83. The lowest BCUT2D eigenvalue weighted by molar-refractivity contribution is -0.120. The first-order valence-electron chi connectivity index (χ1n) is 7.01. The number of hydrogen-bond donors (Lipinski definition) is 2. The lowest BCUT2D eigenvalue weighted by Gasteiger charge is -2.31. The van der Waals surface area contributed by atoms with Crippen molar-refractivity contribution in [3.05, 3.63) is 35.1 Å². The summed E-state index contributed by atoms with van der Waals surface area (Å²) in [6.07, 6.45) is 3.81. The van der Waals surface area contributed by atoms with Gasteiger partial charge in [0, 0.05) is 30.2 Å². The van der Waals surface area contributed by atoms with Gasteiger partial charge in [-0.25, -0.2) is 13.2 Å². The highest BCUT2D eigenvalue weighted by Gasteiger charge is 2.38. The Morgan fingerprint density at radius 2 is 1.71 bits per heavy atom. The van der Waals surface area contributed by atoms with Crippen LogP contribution in [0.5, 0.6) is 0 Å². The maximum absolute atomic E-state index is 13.8. The Balaban J connectivity index is 2.23. The molecule has 1 unspecified atom stereocenters. The van der Waals surface area contributed by atoms with Crippen LogP contribution in [0.2, 0.25) is 0 Å². The molecular formula is C15H19F3N2O. The van der Waals surface area contributed by atoms with Gasteiger partial charge in [-0.05, 0) is 24.7 Å². The van der Waals surface area contributed by atoms with E-state index < -0.39 is 34.8 Å². The monoisotopic (exact) mass is 300 g/mol. The fourth-order valence-electron chi connectivity index (χ4n) is 3.42. The second-order valence-corrected chi connectivity index (χ2v) is 5.94. The van der Waals surface area contributed by atoms with E-state index in [0.29, 0.717) is 12.1 Å². The van der Waals surface area contributed by atoms with Crippen molar-refractivity contribution < 1.29 is 18.0 Å².